The molecule has 32 heavy (non-hydrogen) atoms. The Kier molecular flexibility index (Phi) is 7.57. The van der Waals surface area contributed by atoms with E-state index in [9.17, 15) is 9.59 Å². The number of para-hydroxylation sites is 2. The zero-order valence-electron chi connectivity index (χ0n) is 17.8. The molecule has 0 aromatic heterocycles. The lowest BCUT2D eigenvalue weighted by Crippen LogP contribution is -3.14. The van der Waals surface area contributed by atoms with E-state index in [2.05, 4.69) is 21.2 Å². The quantitative estimate of drug-likeness (QED) is 0.447. The molecule has 168 valence electrons. The Bertz CT molecular complexity index is 1000. The molecule has 0 saturated carbocycles. The fraction of sp³-hybridized carbons (Fsp3) is 0.333. The first kappa shape index (κ1) is 22.5. The van der Waals surface area contributed by atoms with Gasteiger partial charge < -0.3 is 19.7 Å². The molecule has 2 heterocycles. The molecule has 0 radical (unpaired) electrons. The van der Waals surface area contributed by atoms with Gasteiger partial charge in [-0.15, -0.1) is 0 Å². The molecule has 1 saturated heterocycles. The zero-order valence-corrected chi connectivity index (χ0v) is 19.4. The van der Waals surface area contributed by atoms with E-state index in [-0.39, 0.29) is 24.1 Å². The van der Waals surface area contributed by atoms with Crippen LogP contribution in [0.25, 0.3) is 6.08 Å². The molecule has 1 fully saturated rings. The first-order chi connectivity index (χ1) is 15.6. The molecule has 0 spiro atoms. The Morgan fingerprint density at radius 1 is 1.12 bits per heavy atom. The van der Waals surface area contributed by atoms with Gasteiger partial charge in [0, 0.05) is 17.4 Å². The normalized spacial score (nSPS) is 17.7. The molecule has 2 aromatic rings. The van der Waals surface area contributed by atoms with Crippen LogP contribution in [0.5, 0.6) is 5.75 Å². The highest BCUT2D eigenvalue weighted by atomic mass is 79.9. The third kappa shape index (κ3) is 5.56. The number of anilines is 1. The summed E-state index contributed by atoms with van der Waals surface area (Å²) in [6, 6.07) is 14.8. The minimum absolute atomic E-state index is 0.0586. The Balaban J connectivity index is 1.41. The summed E-state index contributed by atoms with van der Waals surface area (Å²) in [4.78, 5) is 28.8. The van der Waals surface area contributed by atoms with Crippen LogP contribution in [0.3, 0.4) is 0 Å². The molecule has 4 rings (SSSR count). The number of morpholine rings is 1. The van der Waals surface area contributed by atoms with Crippen LogP contribution in [0.15, 0.2) is 58.8 Å². The van der Waals surface area contributed by atoms with E-state index in [1.807, 2.05) is 36.4 Å². The van der Waals surface area contributed by atoms with E-state index < -0.39 is 0 Å². The summed E-state index contributed by atoms with van der Waals surface area (Å²) in [5, 5.41) is 2.95. The molecule has 8 heteroatoms. The monoisotopic (exact) mass is 500 g/mol. The molecule has 7 nitrogen and oxygen atoms in total. The fourth-order valence-corrected chi connectivity index (χ4v) is 4.23. The summed E-state index contributed by atoms with van der Waals surface area (Å²) in [6.45, 7) is 5.16. The van der Waals surface area contributed by atoms with Gasteiger partial charge in [0.2, 0.25) is 5.91 Å². The number of carbonyl (C=O) groups is 2. The summed E-state index contributed by atoms with van der Waals surface area (Å²) in [5.41, 5.74) is 1.42. The molecular formula is C24H27BrN3O4+. The Hall–Kier alpha value is -2.68. The molecule has 0 bridgehead atoms. The lowest BCUT2D eigenvalue weighted by Gasteiger charge is -2.30. The van der Waals surface area contributed by atoms with Crippen LogP contribution in [0.1, 0.15) is 12.0 Å². The van der Waals surface area contributed by atoms with Crippen molar-refractivity contribution < 1.29 is 24.0 Å². The Labute approximate surface area is 196 Å². The second kappa shape index (κ2) is 10.8. The standard InChI is InChI=1S/C24H26BrN3O4/c25-19-7-2-1-6-18(19)16-22-24(30)28(20-8-3-4-9-21(20)32-22)17-23(29)26-10-5-11-27-12-14-31-15-13-27/h1-4,6-9,16H,5,10-15,17H2,(H,26,29)/p+1. The molecule has 0 aliphatic carbocycles. The van der Waals surface area contributed by atoms with E-state index in [1.165, 1.54) is 9.80 Å². The van der Waals surface area contributed by atoms with Crippen molar-refractivity contribution in [3.8, 4) is 5.75 Å². The van der Waals surface area contributed by atoms with Gasteiger partial charge in [-0.2, -0.15) is 0 Å². The van der Waals surface area contributed by atoms with Crippen molar-refractivity contribution in [1.29, 1.82) is 0 Å². The van der Waals surface area contributed by atoms with E-state index in [1.54, 1.807) is 18.2 Å². The van der Waals surface area contributed by atoms with Crippen LogP contribution in [0.4, 0.5) is 5.69 Å². The van der Waals surface area contributed by atoms with Crippen LogP contribution >= 0.6 is 15.9 Å². The van der Waals surface area contributed by atoms with Crippen molar-refractivity contribution >= 4 is 39.5 Å². The molecular weight excluding hydrogens is 474 g/mol. The summed E-state index contributed by atoms with van der Waals surface area (Å²) in [7, 11) is 0. The highest BCUT2D eigenvalue weighted by Gasteiger charge is 2.31. The van der Waals surface area contributed by atoms with Gasteiger partial charge in [0.25, 0.3) is 5.91 Å². The SMILES string of the molecule is O=C(CN1C(=O)C(=Cc2ccccc2Br)Oc2ccccc21)NCCC[NH+]1CCOCC1. The number of halogens is 1. The third-order valence-electron chi connectivity index (χ3n) is 5.55. The Morgan fingerprint density at radius 3 is 2.69 bits per heavy atom. The molecule has 2 aliphatic rings. The maximum absolute atomic E-state index is 13.2. The Morgan fingerprint density at radius 2 is 1.88 bits per heavy atom. The predicted molar refractivity (Wildman–Crippen MR) is 126 cm³/mol. The predicted octanol–water partition coefficient (Wildman–Crippen LogP) is 1.64. The number of benzene rings is 2. The van der Waals surface area contributed by atoms with Gasteiger partial charge in [-0.25, -0.2) is 0 Å². The van der Waals surface area contributed by atoms with Crippen molar-refractivity contribution in [2.75, 3.05) is 50.8 Å². The first-order valence-electron chi connectivity index (χ1n) is 10.8. The number of carbonyl (C=O) groups excluding carboxylic acids is 2. The molecule has 2 N–H and O–H groups in total. The summed E-state index contributed by atoms with van der Waals surface area (Å²) in [5.74, 6) is 0.202. The van der Waals surface area contributed by atoms with Crippen LogP contribution < -0.4 is 19.9 Å². The van der Waals surface area contributed by atoms with Gasteiger partial charge in [0.05, 0.1) is 25.4 Å². The smallest absolute Gasteiger partial charge is 0.294 e. The molecule has 2 aliphatic heterocycles. The number of amides is 2. The molecule has 0 atom stereocenters. The van der Waals surface area contributed by atoms with Crippen LogP contribution in [-0.2, 0) is 14.3 Å². The van der Waals surface area contributed by atoms with Gasteiger partial charge in [0.1, 0.15) is 19.6 Å². The van der Waals surface area contributed by atoms with Crippen molar-refractivity contribution in [2.24, 2.45) is 0 Å². The van der Waals surface area contributed by atoms with E-state index in [4.69, 9.17) is 9.47 Å². The average Bonchev–Trinajstić information content (AvgIpc) is 2.81. The van der Waals surface area contributed by atoms with Crippen molar-refractivity contribution in [1.82, 2.24) is 5.32 Å². The number of fused-ring (bicyclic) bond motifs is 1. The number of hydrogen-bond acceptors (Lipinski definition) is 4. The number of hydrogen-bond donors (Lipinski definition) is 2. The highest BCUT2D eigenvalue weighted by molar-refractivity contribution is 9.10. The number of quaternary nitrogens is 1. The zero-order chi connectivity index (χ0) is 22.3. The first-order valence-corrected chi connectivity index (χ1v) is 11.6. The van der Waals surface area contributed by atoms with Crippen molar-refractivity contribution in [3.63, 3.8) is 0 Å². The van der Waals surface area contributed by atoms with E-state index >= 15 is 0 Å². The van der Waals surface area contributed by atoms with Gasteiger partial charge in [-0.05, 0) is 29.8 Å². The van der Waals surface area contributed by atoms with Crippen LogP contribution in [0, 0.1) is 0 Å². The number of ether oxygens (including phenoxy) is 2. The molecule has 2 amide bonds. The fourth-order valence-electron chi connectivity index (χ4n) is 3.83. The van der Waals surface area contributed by atoms with Gasteiger partial charge in [-0.3, -0.25) is 14.5 Å². The van der Waals surface area contributed by atoms with E-state index in [0.29, 0.717) is 18.0 Å². The summed E-state index contributed by atoms with van der Waals surface area (Å²) >= 11 is 3.50. The second-order valence-corrected chi connectivity index (χ2v) is 8.66. The number of rotatable bonds is 7. The molecule has 2 aromatic carbocycles. The maximum Gasteiger partial charge on any atom is 0.294 e. The number of nitrogens with zero attached hydrogens (tertiary/aromatic N) is 1. The van der Waals surface area contributed by atoms with Crippen LogP contribution in [-0.4, -0.2) is 57.8 Å². The van der Waals surface area contributed by atoms with Crippen LogP contribution in [0.2, 0.25) is 0 Å². The minimum Gasteiger partial charge on any atom is -0.449 e. The molecule has 0 unspecified atom stereocenters. The topological polar surface area (TPSA) is 72.3 Å². The van der Waals surface area contributed by atoms with Gasteiger partial charge in [0.15, 0.2) is 11.5 Å². The average molecular weight is 501 g/mol. The largest absolute Gasteiger partial charge is 0.449 e. The maximum atomic E-state index is 13.2. The lowest BCUT2D eigenvalue weighted by atomic mass is 10.1. The van der Waals surface area contributed by atoms with E-state index in [0.717, 1.165) is 49.3 Å². The third-order valence-corrected chi connectivity index (χ3v) is 6.28. The lowest BCUT2D eigenvalue weighted by molar-refractivity contribution is -0.908. The summed E-state index contributed by atoms with van der Waals surface area (Å²) < 4.78 is 12.1. The van der Waals surface area contributed by atoms with Crippen molar-refractivity contribution in [2.45, 2.75) is 6.42 Å². The minimum atomic E-state index is -0.340. The van der Waals surface area contributed by atoms with Crippen molar-refractivity contribution in [3.05, 3.63) is 64.3 Å². The van der Waals surface area contributed by atoms with Gasteiger partial charge in [-0.1, -0.05) is 46.3 Å². The number of nitrogens with one attached hydrogen (secondary N) is 2. The second-order valence-electron chi connectivity index (χ2n) is 7.81. The highest BCUT2D eigenvalue weighted by Crippen LogP contribution is 2.35. The summed E-state index contributed by atoms with van der Waals surface area (Å²) in [6.07, 6.45) is 2.58. The van der Waals surface area contributed by atoms with Gasteiger partial charge >= 0.3 is 0 Å².